The average molecular weight is 239 g/mol. The van der Waals surface area contributed by atoms with E-state index >= 15 is 0 Å². The van der Waals surface area contributed by atoms with Gasteiger partial charge < -0.3 is 10.6 Å². The Hall–Kier alpha value is -0.940. The van der Waals surface area contributed by atoms with Crippen molar-refractivity contribution in [3.63, 3.8) is 0 Å². The monoisotopic (exact) mass is 239 g/mol. The molecule has 2 N–H and O–H groups in total. The van der Waals surface area contributed by atoms with Crippen molar-refractivity contribution in [2.75, 3.05) is 13.1 Å². The van der Waals surface area contributed by atoms with Crippen LogP contribution in [0.3, 0.4) is 0 Å². The number of nitrogens with zero attached hydrogens (tertiary/aromatic N) is 1. The molecule has 1 fully saturated rings. The van der Waals surface area contributed by atoms with E-state index in [1.807, 2.05) is 13.8 Å². The van der Waals surface area contributed by atoms with Crippen LogP contribution in [0.25, 0.3) is 0 Å². The van der Waals surface area contributed by atoms with E-state index in [1.165, 1.54) is 11.3 Å². The summed E-state index contributed by atoms with van der Waals surface area (Å²) < 4.78 is 0. The number of hydrogen-bond acceptors (Lipinski definition) is 4. The second kappa shape index (κ2) is 4.93. The van der Waals surface area contributed by atoms with Gasteiger partial charge >= 0.3 is 0 Å². The molecule has 1 aliphatic rings. The van der Waals surface area contributed by atoms with Crippen LogP contribution in [0.15, 0.2) is 0 Å². The van der Waals surface area contributed by atoms with Crippen molar-refractivity contribution in [2.45, 2.75) is 32.7 Å². The minimum atomic E-state index is 0.0248. The molecule has 1 aromatic rings. The van der Waals surface area contributed by atoms with Crippen molar-refractivity contribution in [1.29, 1.82) is 0 Å². The summed E-state index contributed by atoms with van der Waals surface area (Å²) in [6, 6.07) is 0.267. The van der Waals surface area contributed by atoms with Crippen molar-refractivity contribution in [1.82, 2.24) is 15.6 Å². The highest BCUT2D eigenvalue weighted by Gasteiger charge is 2.19. The zero-order valence-electron chi connectivity index (χ0n) is 9.67. The SMILES string of the molecule is Cc1nc(C)c(C(=O)N[C@H]2CCCNC2)s1. The van der Waals surface area contributed by atoms with Crippen LogP contribution in [0.1, 0.15) is 33.2 Å². The van der Waals surface area contributed by atoms with E-state index in [2.05, 4.69) is 15.6 Å². The molecule has 1 aliphatic heterocycles. The molecule has 1 aromatic heterocycles. The van der Waals surface area contributed by atoms with E-state index in [-0.39, 0.29) is 11.9 Å². The van der Waals surface area contributed by atoms with Crippen molar-refractivity contribution in [3.05, 3.63) is 15.6 Å². The first-order valence-electron chi connectivity index (χ1n) is 5.62. The number of carbonyl (C=O) groups excluding carboxylic acids is 1. The molecule has 0 radical (unpaired) electrons. The van der Waals surface area contributed by atoms with Gasteiger partial charge in [-0.3, -0.25) is 4.79 Å². The molecule has 0 aliphatic carbocycles. The minimum absolute atomic E-state index is 0.0248. The predicted octanol–water partition coefficient (Wildman–Crippen LogP) is 1.24. The zero-order valence-corrected chi connectivity index (χ0v) is 10.5. The van der Waals surface area contributed by atoms with Gasteiger partial charge in [0.05, 0.1) is 10.7 Å². The first kappa shape index (κ1) is 11.5. The molecule has 0 unspecified atom stereocenters. The number of thiazole rings is 1. The standard InChI is InChI=1S/C11H17N3OS/c1-7-10(16-8(2)13-7)11(15)14-9-4-3-5-12-6-9/h9,12H,3-6H2,1-2H3,(H,14,15)/t9-/m0/s1. The van der Waals surface area contributed by atoms with Crippen LogP contribution >= 0.6 is 11.3 Å². The number of aryl methyl sites for hydroxylation is 2. The van der Waals surface area contributed by atoms with E-state index < -0.39 is 0 Å². The van der Waals surface area contributed by atoms with Gasteiger partial charge in [-0.25, -0.2) is 4.98 Å². The Bertz CT molecular complexity index is 383. The Morgan fingerprint density at radius 2 is 2.38 bits per heavy atom. The maximum absolute atomic E-state index is 12.0. The summed E-state index contributed by atoms with van der Waals surface area (Å²) in [5.74, 6) is 0.0248. The molecule has 2 rings (SSSR count). The van der Waals surface area contributed by atoms with Crippen LogP contribution in [0.2, 0.25) is 0 Å². The molecule has 2 heterocycles. The fourth-order valence-electron chi connectivity index (χ4n) is 1.97. The molecule has 0 aromatic carbocycles. The smallest absolute Gasteiger partial charge is 0.263 e. The topological polar surface area (TPSA) is 54.0 Å². The quantitative estimate of drug-likeness (QED) is 0.816. The summed E-state index contributed by atoms with van der Waals surface area (Å²) in [5.41, 5.74) is 0.837. The van der Waals surface area contributed by atoms with E-state index in [4.69, 9.17) is 0 Å². The number of aromatic nitrogens is 1. The van der Waals surface area contributed by atoms with Crippen LogP contribution < -0.4 is 10.6 Å². The first-order valence-corrected chi connectivity index (χ1v) is 6.44. The van der Waals surface area contributed by atoms with Crippen LogP contribution in [0, 0.1) is 13.8 Å². The Kier molecular flexibility index (Phi) is 3.56. The number of carbonyl (C=O) groups is 1. The van der Waals surface area contributed by atoms with E-state index in [9.17, 15) is 4.79 Å². The zero-order chi connectivity index (χ0) is 11.5. The average Bonchev–Trinajstić information content (AvgIpc) is 2.59. The fraction of sp³-hybridized carbons (Fsp3) is 0.636. The number of piperidine rings is 1. The molecule has 0 bridgehead atoms. The maximum atomic E-state index is 12.0. The van der Waals surface area contributed by atoms with Gasteiger partial charge in [-0.1, -0.05) is 0 Å². The van der Waals surface area contributed by atoms with Gasteiger partial charge in [0.2, 0.25) is 0 Å². The lowest BCUT2D eigenvalue weighted by molar-refractivity contribution is 0.0934. The largest absolute Gasteiger partial charge is 0.347 e. The van der Waals surface area contributed by atoms with E-state index in [0.29, 0.717) is 0 Å². The number of rotatable bonds is 2. The molecule has 4 nitrogen and oxygen atoms in total. The number of hydrogen-bond donors (Lipinski definition) is 2. The van der Waals surface area contributed by atoms with Crippen molar-refractivity contribution < 1.29 is 4.79 Å². The van der Waals surface area contributed by atoms with Gasteiger partial charge in [-0.15, -0.1) is 11.3 Å². The van der Waals surface area contributed by atoms with Crippen molar-refractivity contribution in [2.24, 2.45) is 0 Å². The molecule has 0 spiro atoms. The minimum Gasteiger partial charge on any atom is -0.347 e. The lowest BCUT2D eigenvalue weighted by Gasteiger charge is -2.23. The highest BCUT2D eigenvalue weighted by molar-refractivity contribution is 7.13. The van der Waals surface area contributed by atoms with Gasteiger partial charge in [0.25, 0.3) is 5.91 Å². The Morgan fingerprint density at radius 1 is 1.56 bits per heavy atom. The molecule has 5 heteroatoms. The molecule has 16 heavy (non-hydrogen) atoms. The summed E-state index contributed by atoms with van der Waals surface area (Å²) in [6.07, 6.45) is 2.20. The van der Waals surface area contributed by atoms with E-state index in [1.54, 1.807) is 0 Å². The predicted molar refractivity (Wildman–Crippen MR) is 64.9 cm³/mol. The number of nitrogens with one attached hydrogen (secondary N) is 2. The van der Waals surface area contributed by atoms with Crippen molar-refractivity contribution >= 4 is 17.2 Å². The Balaban J connectivity index is 1.99. The van der Waals surface area contributed by atoms with Crippen LogP contribution in [-0.2, 0) is 0 Å². The van der Waals surface area contributed by atoms with Gasteiger partial charge in [0.15, 0.2) is 0 Å². The molecular formula is C11H17N3OS. The summed E-state index contributed by atoms with van der Waals surface area (Å²) in [7, 11) is 0. The summed E-state index contributed by atoms with van der Waals surface area (Å²) >= 11 is 1.47. The molecule has 0 saturated carbocycles. The lowest BCUT2D eigenvalue weighted by atomic mass is 10.1. The van der Waals surface area contributed by atoms with Crippen LogP contribution in [-0.4, -0.2) is 30.0 Å². The third-order valence-corrected chi connectivity index (χ3v) is 3.81. The number of amides is 1. The summed E-state index contributed by atoms with van der Waals surface area (Å²) in [4.78, 5) is 17.0. The third kappa shape index (κ3) is 2.59. The Morgan fingerprint density at radius 3 is 2.94 bits per heavy atom. The van der Waals surface area contributed by atoms with Crippen molar-refractivity contribution in [3.8, 4) is 0 Å². The Labute approximate surface area is 99.5 Å². The molecule has 1 atom stereocenters. The summed E-state index contributed by atoms with van der Waals surface area (Å²) in [6.45, 7) is 5.75. The third-order valence-electron chi connectivity index (χ3n) is 2.74. The van der Waals surface area contributed by atoms with E-state index in [0.717, 1.165) is 41.5 Å². The van der Waals surface area contributed by atoms with Crippen LogP contribution in [0.5, 0.6) is 0 Å². The summed E-state index contributed by atoms with van der Waals surface area (Å²) in [5, 5.41) is 7.29. The molecule has 88 valence electrons. The second-order valence-corrected chi connectivity index (χ2v) is 5.37. The van der Waals surface area contributed by atoms with Gasteiger partial charge in [-0.05, 0) is 33.2 Å². The molecular weight excluding hydrogens is 222 g/mol. The molecule has 1 amide bonds. The highest BCUT2D eigenvalue weighted by atomic mass is 32.1. The second-order valence-electron chi connectivity index (χ2n) is 4.16. The maximum Gasteiger partial charge on any atom is 0.263 e. The van der Waals surface area contributed by atoms with Crippen LogP contribution in [0.4, 0.5) is 0 Å². The van der Waals surface area contributed by atoms with Gasteiger partial charge in [0.1, 0.15) is 4.88 Å². The highest BCUT2D eigenvalue weighted by Crippen LogP contribution is 2.17. The lowest BCUT2D eigenvalue weighted by Crippen LogP contribution is -2.45. The van der Waals surface area contributed by atoms with Gasteiger partial charge in [0, 0.05) is 12.6 Å². The molecule has 1 saturated heterocycles. The normalized spacial score (nSPS) is 20.8. The van der Waals surface area contributed by atoms with Gasteiger partial charge in [-0.2, -0.15) is 0 Å². The first-order chi connectivity index (χ1) is 7.66. The fourth-order valence-corrected chi connectivity index (χ4v) is 2.79.